The van der Waals surface area contributed by atoms with Gasteiger partial charge in [0.1, 0.15) is 0 Å². The molecule has 1 aliphatic heterocycles. The molecule has 1 N–H and O–H groups in total. The van der Waals surface area contributed by atoms with Gasteiger partial charge in [0, 0.05) is 24.7 Å². The fraction of sp³-hybridized carbons (Fsp3) is 0.727. The van der Waals surface area contributed by atoms with Crippen LogP contribution in [0.25, 0.3) is 0 Å². The molecule has 1 rings (SSSR count). The molecular weight excluding hydrogens is 178 g/mol. The molecule has 0 aromatic heterocycles. The lowest BCUT2D eigenvalue weighted by Crippen LogP contribution is -2.27. The Morgan fingerprint density at radius 3 is 2.64 bits per heavy atom. The van der Waals surface area contributed by atoms with Gasteiger partial charge in [-0.2, -0.15) is 0 Å². The molecule has 3 heteroatoms. The topological polar surface area (TPSA) is 40.5 Å². The number of aliphatic carboxylic acids is 1. The van der Waals surface area contributed by atoms with Crippen LogP contribution in [0.2, 0.25) is 0 Å². The van der Waals surface area contributed by atoms with Gasteiger partial charge in [-0.15, -0.1) is 0 Å². The first-order chi connectivity index (χ1) is 6.50. The molecule has 0 aliphatic carbocycles. The highest BCUT2D eigenvalue weighted by atomic mass is 16.4. The SMILES string of the molecule is C/C(=C/CN1CC(C)CC1C)C(=O)O. The molecule has 0 aromatic carbocycles. The summed E-state index contributed by atoms with van der Waals surface area (Å²) >= 11 is 0. The number of rotatable bonds is 3. The van der Waals surface area contributed by atoms with Crippen molar-refractivity contribution in [2.45, 2.75) is 33.2 Å². The van der Waals surface area contributed by atoms with E-state index in [4.69, 9.17) is 5.11 Å². The molecule has 1 heterocycles. The predicted octanol–water partition coefficient (Wildman–Crippen LogP) is 1.75. The molecule has 0 radical (unpaired) electrons. The van der Waals surface area contributed by atoms with Crippen molar-refractivity contribution in [2.24, 2.45) is 5.92 Å². The molecule has 0 saturated carbocycles. The van der Waals surface area contributed by atoms with Crippen LogP contribution in [0.4, 0.5) is 0 Å². The summed E-state index contributed by atoms with van der Waals surface area (Å²) in [6.07, 6.45) is 3.02. The summed E-state index contributed by atoms with van der Waals surface area (Å²) in [5.74, 6) is -0.0755. The molecule has 0 spiro atoms. The largest absolute Gasteiger partial charge is 0.478 e. The van der Waals surface area contributed by atoms with Crippen LogP contribution in [0.1, 0.15) is 27.2 Å². The van der Waals surface area contributed by atoms with Crippen LogP contribution in [-0.2, 0) is 4.79 Å². The molecule has 2 atom stereocenters. The van der Waals surface area contributed by atoms with Crippen molar-refractivity contribution in [3.63, 3.8) is 0 Å². The highest BCUT2D eigenvalue weighted by Crippen LogP contribution is 2.21. The van der Waals surface area contributed by atoms with E-state index in [0.717, 1.165) is 19.0 Å². The summed E-state index contributed by atoms with van der Waals surface area (Å²) in [5.41, 5.74) is 0.441. The second-order valence-corrected chi connectivity index (χ2v) is 4.34. The lowest BCUT2D eigenvalue weighted by atomic mass is 10.1. The molecule has 0 amide bonds. The molecule has 3 nitrogen and oxygen atoms in total. The normalized spacial score (nSPS) is 29.5. The van der Waals surface area contributed by atoms with E-state index >= 15 is 0 Å². The van der Waals surface area contributed by atoms with Crippen LogP contribution >= 0.6 is 0 Å². The maximum absolute atomic E-state index is 10.6. The second-order valence-electron chi connectivity index (χ2n) is 4.34. The van der Waals surface area contributed by atoms with Gasteiger partial charge in [-0.3, -0.25) is 4.90 Å². The van der Waals surface area contributed by atoms with Gasteiger partial charge in [-0.25, -0.2) is 4.79 Å². The number of hydrogen-bond donors (Lipinski definition) is 1. The second kappa shape index (κ2) is 4.60. The van der Waals surface area contributed by atoms with E-state index in [0.29, 0.717) is 11.6 Å². The maximum Gasteiger partial charge on any atom is 0.330 e. The van der Waals surface area contributed by atoms with Gasteiger partial charge in [-0.1, -0.05) is 13.0 Å². The quantitative estimate of drug-likeness (QED) is 0.701. The number of carbonyl (C=O) groups is 1. The zero-order chi connectivity index (χ0) is 10.7. The van der Waals surface area contributed by atoms with Crippen molar-refractivity contribution in [3.05, 3.63) is 11.6 Å². The van der Waals surface area contributed by atoms with E-state index < -0.39 is 5.97 Å². The number of nitrogens with zero attached hydrogens (tertiary/aromatic N) is 1. The van der Waals surface area contributed by atoms with E-state index in [2.05, 4.69) is 18.7 Å². The van der Waals surface area contributed by atoms with Gasteiger partial charge in [-0.05, 0) is 26.2 Å². The lowest BCUT2D eigenvalue weighted by Gasteiger charge is -2.18. The van der Waals surface area contributed by atoms with Gasteiger partial charge in [0.2, 0.25) is 0 Å². The molecule has 1 saturated heterocycles. The summed E-state index contributed by atoms with van der Waals surface area (Å²) in [6, 6.07) is 0.586. The minimum atomic E-state index is -0.815. The molecule has 1 aliphatic rings. The standard InChI is InChI=1S/C11H19NO2/c1-8-6-10(3)12(7-8)5-4-9(2)11(13)14/h4,8,10H,5-7H2,1-3H3,(H,13,14)/b9-4-. The summed E-state index contributed by atoms with van der Waals surface area (Å²) in [7, 11) is 0. The Labute approximate surface area is 85.4 Å². The number of carboxylic acids is 1. The monoisotopic (exact) mass is 197 g/mol. The van der Waals surface area contributed by atoms with Crippen molar-refractivity contribution in [1.82, 2.24) is 4.90 Å². The first kappa shape index (κ1) is 11.2. The highest BCUT2D eigenvalue weighted by molar-refractivity contribution is 5.85. The van der Waals surface area contributed by atoms with Gasteiger partial charge < -0.3 is 5.11 Å². The van der Waals surface area contributed by atoms with Crippen LogP contribution in [0.15, 0.2) is 11.6 Å². The van der Waals surface area contributed by atoms with Crippen molar-refractivity contribution in [1.29, 1.82) is 0 Å². The molecule has 1 fully saturated rings. The molecule has 80 valence electrons. The summed E-state index contributed by atoms with van der Waals surface area (Å²) in [4.78, 5) is 12.9. The van der Waals surface area contributed by atoms with E-state index in [1.807, 2.05) is 0 Å². The minimum Gasteiger partial charge on any atom is -0.478 e. The zero-order valence-electron chi connectivity index (χ0n) is 9.16. The summed E-state index contributed by atoms with van der Waals surface area (Å²) < 4.78 is 0. The van der Waals surface area contributed by atoms with Gasteiger partial charge in [0.25, 0.3) is 0 Å². The Kier molecular flexibility index (Phi) is 3.69. The molecule has 0 bridgehead atoms. The maximum atomic E-state index is 10.6. The molecule has 2 unspecified atom stereocenters. The Bertz CT molecular complexity index is 248. The van der Waals surface area contributed by atoms with Crippen molar-refractivity contribution < 1.29 is 9.90 Å². The Hall–Kier alpha value is -0.830. The van der Waals surface area contributed by atoms with Gasteiger partial charge in [0.05, 0.1) is 0 Å². The smallest absolute Gasteiger partial charge is 0.330 e. The fourth-order valence-corrected chi connectivity index (χ4v) is 1.98. The Morgan fingerprint density at radius 2 is 2.21 bits per heavy atom. The zero-order valence-corrected chi connectivity index (χ0v) is 9.16. The van der Waals surface area contributed by atoms with Crippen LogP contribution in [0.3, 0.4) is 0 Å². The van der Waals surface area contributed by atoms with E-state index in [1.165, 1.54) is 6.42 Å². The average Bonchev–Trinajstić information content (AvgIpc) is 2.40. The number of carboxylic acid groups (broad SMARTS) is 1. The van der Waals surface area contributed by atoms with Crippen molar-refractivity contribution in [2.75, 3.05) is 13.1 Å². The van der Waals surface area contributed by atoms with Crippen LogP contribution < -0.4 is 0 Å². The molecule has 14 heavy (non-hydrogen) atoms. The van der Waals surface area contributed by atoms with Crippen molar-refractivity contribution >= 4 is 5.97 Å². The van der Waals surface area contributed by atoms with Crippen LogP contribution in [0.5, 0.6) is 0 Å². The van der Waals surface area contributed by atoms with E-state index in [1.54, 1.807) is 13.0 Å². The first-order valence-electron chi connectivity index (χ1n) is 5.14. The highest BCUT2D eigenvalue weighted by Gasteiger charge is 2.24. The third kappa shape index (κ3) is 2.84. The lowest BCUT2D eigenvalue weighted by molar-refractivity contribution is -0.132. The third-order valence-electron chi connectivity index (χ3n) is 2.88. The van der Waals surface area contributed by atoms with Crippen LogP contribution in [-0.4, -0.2) is 35.1 Å². The van der Waals surface area contributed by atoms with E-state index in [-0.39, 0.29) is 0 Å². The Morgan fingerprint density at radius 1 is 1.57 bits per heavy atom. The first-order valence-corrected chi connectivity index (χ1v) is 5.14. The summed E-state index contributed by atoms with van der Waals surface area (Å²) in [6.45, 7) is 7.94. The molecule has 0 aromatic rings. The Balaban J connectivity index is 2.46. The van der Waals surface area contributed by atoms with Gasteiger partial charge in [0.15, 0.2) is 0 Å². The predicted molar refractivity (Wildman–Crippen MR) is 56.2 cm³/mol. The third-order valence-corrected chi connectivity index (χ3v) is 2.88. The number of hydrogen-bond acceptors (Lipinski definition) is 2. The molecular formula is C11H19NO2. The van der Waals surface area contributed by atoms with Gasteiger partial charge >= 0.3 is 5.97 Å². The van der Waals surface area contributed by atoms with E-state index in [9.17, 15) is 4.79 Å². The minimum absolute atomic E-state index is 0.441. The fourth-order valence-electron chi connectivity index (χ4n) is 1.98. The summed E-state index contributed by atoms with van der Waals surface area (Å²) in [5, 5.41) is 8.69. The number of likely N-dealkylation sites (tertiary alicyclic amines) is 1. The van der Waals surface area contributed by atoms with Crippen LogP contribution in [0, 0.1) is 5.92 Å². The van der Waals surface area contributed by atoms with Crippen molar-refractivity contribution in [3.8, 4) is 0 Å². The average molecular weight is 197 g/mol.